The third kappa shape index (κ3) is 6.70. The first-order valence-electron chi connectivity index (χ1n) is 7.08. The van der Waals surface area contributed by atoms with Crippen LogP contribution in [0.2, 0.25) is 0 Å². The second-order valence-corrected chi connectivity index (χ2v) is 4.89. The van der Waals surface area contributed by atoms with E-state index in [0.29, 0.717) is 12.1 Å². The van der Waals surface area contributed by atoms with Crippen LogP contribution in [0.15, 0.2) is 48.5 Å². The molecule has 0 heterocycles. The number of hydrogen-bond donors (Lipinski definition) is 0. The molecule has 0 aliphatic heterocycles. The third-order valence-electron chi connectivity index (χ3n) is 2.80. The molecule has 0 saturated carbocycles. The molecule has 0 aromatic heterocycles. The van der Waals surface area contributed by atoms with Gasteiger partial charge in [-0.05, 0) is 36.4 Å². The Kier molecular flexibility index (Phi) is 6.01. The first-order valence-corrected chi connectivity index (χ1v) is 7.08. The quantitative estimate of drug-likeness (QED) is 0.423. The van der Waals surface area contributed by atoms with E-state index in [9.17, 15) is 35.9 Å². The molecule has 2 aromatic rings. The molecule has 0 fully saturated rings. The fourth-order valence-corrected chi connectivity index (χ4v) is 1.81. The highest BCUT2D eigenvalue weighted by atomic mass is 19.4. The molecule has 0 atom stereocenters. The van der Waals surface area contributed by atoms with Crippen LogP contribution in [0.1, 0.15) is 20.7 Å². The van der Waals surface area contributed by atoms with Crippen LogP contribution in [0.25, 0.3) is 0 Å². The maximum absolute atomic E-state index is 12.2. The number of carbonyl (C=O) groups is 2. The minimum atomic E-state index is -4.99. The lowest BCUT2D eigenvalue weighted by atomic mass is 10.2. The summed E-state index contributed by atoms with van der Waals surface area (Å²) in [5, 5.41) is 0. The standard InChI is InChI=1S/C16H8F6O6/c17-15(18,19)25-11-5-1-3-9(7-11)13(23)27-28-14(24)10-4-2-6-12(8-10)26-16(20,21)22/h1-8H. The first-order chi connectivity index (χ1) is 12.9. The Balaban J connectivity index is 2.00. The summed E-state index contributed by atoms with van der Waals surface area (Å²) in [4.78, 5) is 31.9. The minimum Gasteiger partial charge on any atom is -0.406 e. The number of benzene rings is 2. The molecule has 6 nitrogen and oxygen atoms in total. The van der Waals surface area contributed by atoms with Crippen molar-refractivity contribution in [1.29, 1.82) is 0 Å². The van der Waals surface area contributed by atoms with Gasteiger partial charge in [0.25, 0.3) is 0 Å². The summed E-state index contributed by atoms with van der Waals surface area (Å²) in [5.41, 5.74) is -0.882. The molecule has 0 aliphatic carbocycles. The van der Waals surface area contributed by atoms with Crippen LogP contribution < -0.4 is 9.47 Å². The largest absolute Gasteiger partial charge is 0.573 e. The van der Waals surface area contributed by atoms with Gasteiger partial charge in [0.2, 0.25) is 0 Å². The maximum atomic E-state index is 12.2. The highest BCUT2D eigenvalue weighted by Crippen LogP contribution is 2.25. The van der Waals surface area contributed by atoms with Crippen molar-refractivity contribution >= 4 is 11.9 Å². The van der Waals surface area contributed by atoms with E-state index in [2.05, 4.69) is 19.2 Å². The minimum absolute atomic E-state index is 0.441. The molecule has 0 radical (unpaired) electrons. The smallest absolute Gasteiger partial charge is 0.406 e. The summed E-state index contributed by atoms with van der Waals surface area (Å²) in [6.07, 6.45) is -9.98. The van der Waals surface area contributed by atoms with Gasteiger partial charge in [0.05, 0.1) is 11.1 Å². The van der Waals surface area contributed by atoms with Gasteiger partial charge in [-0.25, -0.2) is 19.4 Å². The van der Waals surface area contributed by atoms with Crippen molar-refractivity contribution in [2.24, 2.45) is 0 Å². The fraction of sp³-hybridized carbons (Fsp3) is 0.125. The Hall–Kier alpha value is -3.44. The Morgan fingerprint density at radius 1 is 0.643 bits per heavy atom. The zero-order valence-corrected chi connectivity index (χ0v) is 13.3. The van der Waals surface area contributed by atoms with Crippen LogP contribution in [-0.2, 0) is 9.78 Å². The van der Waals surface area contributed by atoms with Gasteiger partial charge >= 0.3 is 24.7 Å². The monoisotopic (exact) mass is 410 g/mol. The third-order valence-corrected chi connectivity index (χ3v) is 2.80. The molecule has 2 aromatic carbocycles. The summed E-state index contributed by atoms with van der Waals surface area (Å²) in [6, 6.07) is 7.41. The SMILES string of the molecule is O=C(OOC(=O)c1cccc(OC(F)(F)F)c1)c1cccc(OC(F)(F)F)c1. The first kappa shape index (κ1) is 20.9. The zero-order valence-electron chi connectivity index (χ0n) is 13.3. The van der Waals surface area contributed by atoms with E-state index in [4.69, 9.17) is 0 Å². The Labute approximate surface area is 152 Å². The van der Waals surface area contributed by atoms with Gasteiger partial charge in [0.15, 0.2) is 0 Å². The van der Waals surface area contributed by atoms with Gasteiger partial charge in [0, 0.05) is 0 Å². The molecule has 0 aliphatic rings. The predicted octanol–water partition coefficient (Wildman–Crippen LogP) is 4.41. The van der Waals surface area contributed by atoms with E-state index in [1.807, 2.05) is 0 Å². The number of hydrogen-bond acceptors (Lipinski definition) is 6. The van der Waals surface area contributed by atoms with Gasteiger partial charge < -0.3 is 9.47 Å². The van der Waals surface area contributed by atoms with E-state index >= 15 is 0 Å². The Morgan fingerprint density at radius 3 is 1.32 bits per heavy atom. The van der Waals surface area contributed by atoms with Crippen LogP contribution in [0, 0.1) is 0 Å². The topological polar surface area (TPSA) is 71.1 Å². The van der Waals surface area contributed by atoms with Crippen LogP contribution in [-0.4, -0.2) is 24.7 Å². The molecule has 2 rings (SSSR count). The van der Waals surface area contributed by atoms with Crippen molar-refractivity contribution < 1.29 is 55.2 Å². The number of carbonyl (C=O) groups excluding carboxylic acids is 2. The normalized spacial score (nSPS) is 11.5. The second-order valence-electron chi connectivity index (χ2n) is 4.89. The summed E-state index contributed by atoms with van der Waals surface area (Å²) >= 11 is 0. The predicted molar refractivity (Wildman–Crippen MR) is 77.1 cm³/mol. The van der Waals surface area contributed by atoms with Crippen molar-refractivity contribution in [2.75, 3.05) is 0 Å². The van der Waals surface area contributed by atoms with Crippen molar-refractivity contribution in [3.05, 3.63) is 59.7 Å². The molecule has 0 bridgehead atoms. The van der Waals surface area contributed by atoms with Gasteiger partial charge in [-0.3, -0.25) is 0 Å². The average molecular weight is 410 g/mol. The molecular weight excluding hydrogens is 402 g/mol. The van der Waals surface area contributed by atoms with Crippen molar-refractivity contribution in [1.82, 2.24) is 0 Å². The van der Waals surface area contributed by atoms with E-state index in [1.54, 1.807) is 0 Å². The van der Waals surface area contributed by atoms with Crippen molar-refractivity contribution in [3.63, 3.8) is 0 Å². The highest BCUT2D eigenvalue weighted by Gasteiger charge is 2.32. The summed E-state index contributed by atoms with van der Waals surface area (Å²) in [6.45, 7) is 0. The summed E-state index contributed by atoms with van der Waals surface area (Å²) < 4.78 is 80.2. The molecule has 0 saturated heterocycles. The van der Waals surface area contributed by atoms with Crippen LogP contribution in [0.4, 0.5) is 26.3 Å². The molecule has 0 unspecified atom stereocenters. The maximum Gasteiger partial charge on any atom is 0.573 e. The van der Waals surface area contributed by atoms with E-state index < -0.39 is 47.3 Å². The van der Waals surface area contributed by atoms with Crippen LogP contribution in [0.5, 0.6) is 11.5 Å². The van der Waals surface area contributed by atoms with Crippen molar-refractivity contribution in [3.8, 4) is 11.5 Å². The lowest BCUT2D eigenvalue weighted by Gasteiger charge is -2.10. The molecule has 28 heavy (non-hydrogen) atoms. The molecule has 12 heteroatoms. The summed E-state index contributed by atoms with van der Waals surface area (Å²) in [5.74, 6) is -4.12. The number of rotatable bonds is 4. The molecular formula is C16H8F6O6. The number of alkyl halides is 6. The van der Waals surface area contributed by atoms with Crippen LogP contribution >= 0.6 is 0 Å². The number of halogens is 6. The summed E-state index contributed by atoms with van der Waals surface area (Å²) in [7, 11) is 0. The van der Waals surface area contributed by atoms with E-state index in [0.717, 1.165) is 36.4 Å². The van der Waals surface area contributed by atoms with Gasteiger partial charge in [0.1, 0.15) is 11.5 Å². The zero-order chi connectivity index (χ0) is 20.9. The molecule has 0 N–H and O–H groups in total. The molecule has 150 valence electrons. The Morgan fingerprint density at radius 2 is 1.00 bits per heavy atom. The average Bonchev–Trinajstić information content (AvgIpc) is 2.57. The lowest BCUT2D eigenvalue weighted by Crippen LogP contribution is -2.18. The second kappa shape index (κ2) is 8.06. The highest BCUT2D eigenvalue weighted by molar-refractivity contribution is 5.92. The van der Waals surface area contributed by atoms with Crippen molar-refractivity contribution in [2.45, 2.75) is 12.7 Å². The van der Waals surface area contributed by atoms with Gasteiger partial charge in [-0.15, -0.1) is 26.3 Å². The Bertz CT molecular complexity index is 790. The van der Waals surface area contributed by atoms with E-state index in [-0.39, 0.29) is 0 Å². The van der Waals surface area contributed by atoms with Gasteiger partial charge in [-0.1, -0.05) is 12.1 Å². The number of ether oxygens (including phenoxy) is 2. The van der Waals surface area contributed by atoms with Crippen LogP contribution in [0.3, 0.4) is 0 Å². The van der Waals surface area contributed by atoms with E-state index in [1.165, 1.54) is 0 Å². The van der Waals surface area contributed by atoms with Gasteiger partial charge in [-0.2, -0.15) is 0 Å². The fourth-order valence-electron chi connectivity index (χ4n) is 1.81. The lowest BCUT2D eigenvalue weighted by molar-refractivity contribution is -0.275. The molecule has 0 amide bonds. The molecule has 0 spiro atoms.